The minimum atomic E-state index is 0.0608. The number of carbonyl (C=O) groups is 1. The van der Waals surface area contributed by atoms with Crippen LogP contribution in [0.3, 0.4) is 0 Å². The molecule has 1 aliphatic heterocycles. The monoisotopic (exact) mass is 346 g/mol. The average molecular weight is 346 g/mol. The van der Waals surface area contributed by atoms with E-state index in [2.05, 4.69) is 28.3 Å². The number of anilines is 1. The fourth-order valence-electron chi connectivity index (χ4n) is 3.71. The van der Waals surface area contributed by atoms with Crippen molar-refractivity contribution in [1.82, 2.24) is 15.4 Å². The zero-order valence-electron chi connectivity index (χ0n) is 15.2. The summed E-state index contributed by atoms with van der Waals surface area (Å²) in [6.45, 7) is 2.88. The van der Waals surface area contributed by atoms with Crippen molar-refractivity contribution in [2.24, 2.45) is 0 Å². The van der Waals surface area contributed by atoms with Crippen LogP contribution in [-0.2, 0) is 16.2 Å². The van der Waals surface area contributed by atoms with Crippen molar-refractivity contribution in [2.45, 2.75) is 57.5 Å². The van der Waals surface area contributed by atoms with Crippen molar-refractivity contribution in [3.63, 3.8) is 0 Å². The van der Waals surface area contributed by atoms with Crippen LogP contribution in [0.5, 0.6) is 0 Å². The maximum atomic E-state index is 12.1. The molecule has 25 heavy (non-hydrogen) atoms. The van der Waals surface area contributed by atoms with Gasteiger partial charge in [0.2, 0.25) is 5.91 Å². The van der Waals surface area contributed by atoms with E-state index in [-0.39, 0.29) is 5.91 Å². The smallest absolute Gasteiger partial charge is 0.221 e. The third-order valence-electron chi connectivity index (χ3n) is 5.21. The van der Waals surface area contributed by atoms with Crippen LogP contribution in [0.4, 0.5) is 5.82 Å². The summed E-state index contributed by atoms with van der Waals surface area (Å²) in [6.07, 6.45) is 9.76. The van der Waals surface area contributed by atoms with Gasteiger partial charge >= 0.3 is 0 Å². The van der Waals surface area contributed by atoms with E-state index in [0.29, 0.717) is 25.6 Å². The molecule has 2 aliphatic rings. The fourth-order valence-corrected chi connectivity index (χ4v) is 3.71. The van der Waals surface area contributed by atoms with E-state index < -0.39 is 0 Å². The Bertz CT molecular complexity index is 554. The molecule has 6 heteroatoms. The van der Waals surface area contributed by atoms with Gasteiger partial charge in [-0.15, -0.1) is 0 Å². The maximum absolute atomic E-state index is 12.1. The number of nitrogens with one attached hydrogen (secondary N) is 1. The summed E-state index contributed by atoms with van der Waals surface area (Å²) < 4.78 is 0. The molecule has 0 atom stereocenters. The quantitative estimate of drug-likeness (QED) is 0.822. The topological polar surface area (TPSA) is 57.7 Å². The summed E-state index contributed by atoms with van der Waals surface area (Å²) >= 11 is 0. The lowest BCUT2D eigenvalue weighted by atomic mass is 9.94. The number of hydrogen-bond donors (Lipinski definition) is 1. The average Bonchev–Trinajstić information content (AvgIpc) is 3.19. The molecular formula is C19H30N4O2. The summed E-state index contributed by atoms with van der Waals surface area (Å²) in [4.78, 5) is 24.4. The van der Waals surface area contributed by atoms with Crippen molar-refractivity contribution >= 4 is 11.7 Å². The summed E-state index contributed by atoms with van der Waals surface area (Å²) in [5.74, 6) is 1.06. The molecule has 1 aromatic heterocycles. The zero-order chi connectivity index (χ0) is 17.5. The van der Waals surface area contributed by atoms with Gasteiger partial charge in [-0.3, -0.25) is 9.63 Å². The molecular weight excluding hydrogens is 316 g/mol. The second-order valence-electron chi connectivity index (χ2n) is 7.03. The summed E-state index contributed by atoms with van der Waals surface area (Å²) in [6, 6.07) is 4.56. The number of rotatable bonds is 7. The standard InChI is InChI=1S/C19H30N4O2/c1-22(17-8-3-2-4-9-17)19-16(7-5-11-20-19)15-21-18(24)10-13-23-12-6-14-25-23/h5,7,11,17H,2-4,6,8-10,12-15H2,1H3,(H,21,24). The van der Waals surface area contributed by atoms with Crippen LogP contribution in [0.15, 0.2) is 18.3 Å². The predicted octanol–water partition coefficient (Wildman–Crippen LogP) is 2.49. The highest BCUT2D eigenvalue weighted by molar-refractivity contribution is 5.76. The van der Waals surface area contributed by atoms with Gasteiger partial charge in [-0.05, 0) is 25.3 Å². The van der Waals surface area contributed by atoms with Gasteiger partial charge in [-0.2, -0.15) is 5.06 Å². The highest BCUT2D eigenvalue weighted by atomic mass is 16.7. The molecule has 2 heterocycles. The van der Waals surface area contributed by atoms with Crippen LogP contribution >= 0.6 is 0 Å². The van der Waals surface area contributed by atoms with Crippen molar-refractivity contribution in [1.29, 1.82) is 0 Å². The Morgan fingerprint density at radius 3 is 2.96 bits per heavy atom. The first-order valence-electron chi connectivity index (χ1n) is 9.55. The van der Waals surface area contributed by atoms with E-state index in [1.54, 1.807) is 0 Å². The first-order valence-corrected chi connectivity index (χ1v) is 9.55. The van der Waals surface area contributed by atoms with E-state index in [0.717, 1.165) is 31.0 Å². The molecule has 1 saturated heterocycles. The molecule has 0 unspecified atom stereocenters. The Morgan fingerprint density at radius 1 is 1.36 bits per heavy atom. The highest BCUT2D eigenvalue weighted by Crippen LogP contribution is 2.26. The first kappa shape index (κ1) is 18.1. The number of amides is 1. The molecule has 0 aromatic carbocycles. The van der Waals surface area contributed by atoms with Gasteiger partial charge in [0.15, 0.2) is 0 Å². The van der Waals surface area contributed by atoms with E-state index in [1.165, 1.54) is 32.1 Å². The largest absolute Gasteiger partial charge is 0.356 e. The second kappa shape index (κ2) is 9.15. The van der Waals surface area contributed by atoms with Crippen molar-refractivity contribution < 1.29 is 9.63 Å². The van der Waals surface area contributed by atoms with E-state index in [4.69, 9.17) is 4.84 Å². The highest BCUT2D eigenvalue weighted by Gasteiger charge is 2.21. The predicted molar refractivity (Wildman–Crippen MR) is 98.1 cm³/mol. The van der Waals surface area contributed by atoms with Gasteiger partial charge in [0.1, 0.15) is 5.82 Å². The zero-order valence-corrected chi connectivity index (χ0v) is 15.2. The molecule has 0 spiro atoms. The van der Waals surface area contributed by atoms with Gasteiger partial charge in [-0.25, -0.2) is 4.98 Å². The van der Waals surface area contributed by atoms with Crippen molar-refractivity contribution in [2.75, 3.05) is 31.6 Å². The number of hydroxylamine groups is 2. The number of carbonyl (C=O) groups excluding carboxylic acids is 1. The van der Waals surface area contributed by atoms with Gasteiger partial charge in [-0.1, -0.05) is 25.3 Å². The van der Waals surface area contributed by atoms with Gasteiger partial charge < -0.3 is 10.2 Å². The van der Waals surface area contributed by atoms with E-state index in [9.17, 15) is 4.79 Å². The van der Waals surface area contributed by atoms with Crippen molar-refractivity contribution in [3.8, 4) is 0 Å². The van der Waals surface area contributed by atoms with Gasteiger partial charge in [0.25, 0.3) is 0 Å². The van der Waals surface area contributed by atoms with Gasteiger partial charge in [0.05, 0.1) is 6.61 Å². The number of aromatic nitrogens is 1. The number of nitrogens with zero attached hydrogens (tertiary/aromatic N) is 3. The minimum absolute atomic E-state index is 0.0608. The molecule has 0 radical (unpaired) electrons. The minimum Gasteiger partial charge on any atom is -0.356 e. The van der Waals surface area contributed by atoms with Gasteiger partial charge in [0, 0.05) is 50.9 Å². The third kappa shape index (κ3) is 5.16. The summed E-state index contributed by atoms with van der Waals surface area (Å²) in [7, 11) is 2.13. The lowest BCUT2D eigenvalue weighted by Crippen LogP contribution is -2.35. The fraction of sp³-hybridized carbons (Fsp3) is 0.684. The van der Waals surface area contributed by atoms with E-state index in [1.807, 2.05) is 17.3 Å². The van der Waals surface area contributed by atoms with Crippen LogP contribution in [0.25, 0.3) is 0 Å². The van der Waals surface area contributed by atoms with Crippen LogP contribution in [-0.4, -0.2) is 48.7 Å². The van der Waals surface area contributed by atoms with Crippen LogP contribution in [0, 0.1) is 0 Å². The van der Waals surface area contributed by atoms with E-state index >= 15 is 0 Å². The molecule has 0 bridgehead atoms. The number of pyridine rings is 1. The molecule has 1 saturated carbocycles. The molecule has 138 valence electrons. The lowest BCUT2D eigenvalue weighted by molar-refractivity contribution is -0.130. The molecule has 1 aliphatic carbocycles. The van der Waals surface area contributed by atoms with Crippen LogP contribution < -0.4 is 10.2 Å². The second-order valence-corrected chi connectivity index (χ2v) is 7.03. The molecule has 1 amide bonds. The molecule has 1 N–H and O–H groups in total. The van der Waals surface area contributed by atoms with Crippen molar-refractivity contribution in [3.05, 3.63) is 23.9 Å². The normalized spacial score (nSPS) is 19.1. The Hall–Kier alpha value is -1.66. The Kier molecular flexibility index (Phi) is 6.64. The lowest BCUT2D eigenvalue weighted by Gasteiger charge is -2.33. The Morgan fingerprint density at radius 2 is 2.20 bits per heavy atom. The molecule has 1 aromatic rings. The summed E-state index contributed by atoms with van der Waals surface area (Å²) in [5, 5.41) is 4.91. The maximum Gasteiger partial charge on any atom is 0.221 e. The Balaban J connectivity index is 1.52. The first-order chi connectivity index (χ1) is 12.2. The summed E-state index contributed by atoms with van der Waals surface area (Å²) in [5.41, 5.74) is 1.08. The number of hydrogen-bond acceptors (Lipinski definition) is 5. The van der Waals surface area contributed by atoms with Crippen LogP contribution in [0.2, 0.25) is 0 Å². The molecule has 6 nitrogen and oxygen atoms in total. The third-order valence-corrected chi connectivity index (χ3v) is 5.21. The molecule has 3 rings (SSSR count). The van der Waals surface area contributed by atoms with Crippen LogP contribution in [0.1, 0.15) is 50.5 Å². The molecule has 2 fully saturated rings. The Labute approximate surface area is 150 Å². The SMILES string of the molecule is CN(c1ncccc1CNC(=O)CCN1CCCO1)C1CCCCC1.